The maximum atomic E-state index is 11.8. The number of hydrogen-bond donors (Lipinski definition) is 2. The molecule has 0 aliphatic heterocycles. The Morgan fingerprint density at radius 1 is 1.19 bits per heavy atom. The maximum absolute atomic E-state index is 11.8. The highest BCUT2D eigenvalue weighted by Gasteiger charge is 2.19. The van der Waals surface area contributed by atoms with Gasteiger partial charge in [0, 0.05) is 17.4 Å². The molecule has 1 atom stereocenters. The fraction of sp³-hybridized carbons (Fsp3) is 0.125. The van der Waals surface area contributed by atoms with Crippen LogP contribution in [0.1, 0.15) is 10.4 Å². The molecule has 5 heteroatoms. The number of rotatable bonds is 6. The number of benzene rings is 1. The number of amides is 1. The Morgan fingerprint density at radius 2 is 1.95 bits per heavy atom. The molecular formula is C16H15NO3S. The van der Waals surface area contributed by atoms with E-state index in [-0.39, 0.29) is 6.42 Å². The summed E-state index contributed by atoms with van der Waals surface area (Å²) in [6, 6.07) is 12.0. The van der Waals surface area contributed by atoms with E-state index in [1.54, 1.807) is 6.08 Å². The van der Waals surface area contributed by atoms with E-state index >= 15 is 0 Å². The third kappa shape index (κ3) is 4.89. The van der Waals surface area contributed by atoms with E-state index in [1.165, 1.54) is 17.4 Å². The molecule has 2 rings (SSSR count). The minimum absolute atomic E-state index is 0.259. The third-order valence-electron chi connectivity index (χ3n) is 2.84. The highest BCUT2D eigenvalue weighted by molar-refractivity contribution is 7.10. The van der Waals surface area contributed by atoms with Crippen LogP contribution in [0.3, 0.4) is 0 Å². The Hall–Kier alpha value is -2.40. The highest BCUT2D eigenvalue weighted by atomic mass is 32.1. The van der Waals surface area contributed by atoms with Gasteiger partial charge in [-0.05, 0) is 23.1 Å². The second-order valence-corrected chi connectivity index (χ2v) is 5.42. The summed E-state index contributed by atoms with van der Waals surface area (Å²) in [5.74, 6) is -1.46. The van der Waals surface area contributed by atoms with E-state index in [4.69, 9.17) is 0 Å². The van der Waals surface area contributed by atoms with Gasteiger partial charge in [-0.25, -0.2) is 4.79 Å². The molecule has 0 saturated carbocycles. The summed E-state index contributed by atoms with van der Waals surface area (Å²) in [5.41, 5.74) is 0.868. The lowest BCUT2D eigenvalue weighted by Crippen LogP contribution is -2.41. The minimum Gasteiger partial charge on any atom is -0.480 e. The molecule has 1 amide bonds. The van der Waals surface area contributed by atoms with Crippen LogP contribution in [0.15, 0.2) is 53.9 Å². The number of aliphatic carboxylic acids is 1. The summed E-state index contributed by atoms with van der Waals surface area (Å²) in [6.07, 6.45) is 3.28. The summed E-state index contributed by atoms with van der Waals surface area (Å²) >= 11 is 1.51. The summed E-state index contributed by atoms with van der Waals surface area (Å²) in [4.78, 5) is 24.0. The molecule has 2 aromatic rings. The molecule has 0 saturated heterocycles. The topological polar surface area (TPSA) is 66.4 Å². The monoisotopic (exact) mass is 301 g/mol. The fourth-order valence-corrected chi connectivity index (χ4v) is 2.43. The van der Waals surface area contributed by atoms with E-state index in [0.717, 1.165) is 10.4 Å². The Bertz CT molecular complexity index is 620. The fourth-order valence-electron chi connectivity index (χ4n) is 1.81. The van der Waals surface area contributed by atoms with E-state index in [9.17, 15) is 14.7 Å². The van der Waals surface area contributed by atoms with Crippen LogP contribution in [0.5, 0.6) is 0 Å². The zero-order valence-corrected chi connectivity index (χ0v) is 12.0. The lowest BCUT2D eigenvalue weighted by molar-refractivity contribution is -0.141. The van der Waals surface area contributed by atoms with Crippen molar-refractivity contribution in [3.05, 3.63) is 64.4 Å². The van der Waals surface area contributed by atoms with Gasteiger partial charge in [-0.1, -0.05) is 36.4 Å². The normalized spacial score (nSPS) is 12.2. The average Bonchev–Trinajstić information content (AvgIpc) is 2.99. The molecule has 4 nitrogen and oxygen atoms in total. The predicted molar refractivity (Wildman–Crippen MR) is 83.1 cm³/mol. The largest absolute Gasteiger partial charge is 0.480 e. The second kappa shape index (κ2) is 7.40. The first-order valence-corrected chi connectivity index (χ1v) is 7.32. The molecule has 21 heavy (non-hydrogen) atoms. The Balaban J connectivity index is 1.96. The molecule has 0 aliphatic carbocycles. The molecular weight excluding hydrogens is 286 g/mol. The van der Waals surface area contributed by atoms with Crippen molar-refractivity contribution in [1.29, 1.82) is 0 Å². The lowest BCUT2D eigenvalue weighted by Gasteiger charge is -2.13. The van der Waals surface area contributed by atoms with E-state index < -0.39 is 17.9 Å². The molecule has 1 aromatic carbocycles. The maximum Gasteiger partial charge on any atom is 0.326 e. The van der Waals surface area contributed by atoms with Crippen LogP contribution in [0.25, 0.3) is 6.08 Å². The molecule has 0 fully saturated rings. The van der Waals surface area contributed by atoms with Crippen LogP contribution in [0.4, 0.5) is 0 Å². The van der Waals surface area contributed by atoms with Crippen molar-refractivity contribution in [3.8, 4) is 0 Å². The number of carboxylic acid groups (broad SMARTS) is 1. The smallest absolute Gasteiger partial charge is 0.326 e. The van der Waals surface area contributed by atoms with Crippen LogP contribution in [0.2, 0.25) is 0 Å². The van der Waals surface area contributed by atoms with Gasteiger partial charge >= 0.3 is 5.97 Å². The van der Waals surface area contributed by atoms with Gasteiger partial charge in [-0.15, -0.1) is 11.3 Å². The number of nitrogens with one attached hydrogen (secondary N) is 1. The van der Waals surface area contributed by atoms with Crippen molar-refractivity contribution in [2.75, 3.05) is 0 Å². The van der Waals surface area contributed by atoms with Crippen LogP contribution in [-0.2, 0) is 16.0 Å². The van der Waals surface area contributed by atoms with Gasteiger partial charge in [-0.2, -0.15) is 0 Å². The average molecular weight is 301 g/mol. The molecule has 1 aromatic heterocycles. The van der Waals surface area contributed by atoms with Crippen molar-refractivity contribution in [2.45, 2.75) is 12.5 Å². The van der Waals surface area contributed by atoms with Gasteiger partial charge < -0.3 is 10.4 Å². The number of carbonyl (C=O) groups excluding carboxylic acids is 1. The zero-order chi connectivity index (χ0) is 15.1. The molecule has 1 heterocycles. The van der Waals surface area contributed by atoms with Crippen molar-refractivity contribution < 1.29 is 14.7 Å². The van der Waals surface area contributed by atoms with Crippen LogP contribution >= 0.6 is 11.3 Å². The zero-order valence-electron chi connectivity index (χ0n) is 11.2. The van der Waals surface area contributed by atoms with E-state index in [2.05, 4.69) is 5.32 Å². The minimum atomic E-state index is -1.04. The molecule has 108 valence electrons. The van der Waals surface area contributed by atoms with Gasteiger partial charge in [0.25, 0.3) is 0 Å². The molecule has 0 unspecified atom stereocenters. The molecule has 0 spiro atoms. The molecule has 2 N–H and O–H groups in total. The Kier molecular flexibility index (Phi) is 5.29. The van der Waals surface area contributed by atoms with E-state index in [0.29, 0.717) is 0 Å². The van der Waals surface area contributed by atoms with Gasteiger partial charge in [0.15, 0.2) is 0 Å². The van der Waals surface area contributed by atoms with Gasteiger partial charge in [0.1, 0.15) is 6.04 Å². The number of carbonyl (C=O) groups is 2. The molecule has 0 aliphatic rings. The molecule has 0 bridgehead atoms. The molecule has 0 radical (unpaired) electrons. The second-order valence-electron chi connectivity index (χ2n) is 4.44. The Morgan fingerprint density at radius 3 is 2.57 bits per heavy atom. The first kappa shape index (κ1) is 15.0. The standard InChI is InChI=1S/C16H15NO3S/c18-15(9-8-13-7-4-10-21-13)17-14(16(19)20)11-12-5-2-1-3-6-12/h1-10,14H,11H2,(H,17,18)(H,19,20)/b9-8+/t14-/m1/s1. The first-order valence-electron chi connectivity index (χ1n) is 6.44. The summed E-state index contributed by atoms with van der Waals surface area (Å²) in [7, 11) is 0. The van der Waals surface area contributed by atoms with Crippen molar-refractivity contribution in [2.24, 2.45) is 0 Å². The summed E-state index contributed by atoms with van der Waals surface area (Å²) in [5, 5.41) is 13.6. The van der Waals surface area contributed by atoms with Crippen molar-refractivity contribution in [1.82, 2.24) is 5.32 Å². The van der Waals surface area contributed by atoms with Crippen LogP contribution in [-0.4, -0.2) is 23.0 Å². The predicted octanol–water partition coefficient (Wildman–Crippen LogP) is 2.57. The lowest BCUT2D eigenvalue weighted by atomic mass is 10.1. The number of hydrogen-bond acceptors (Lipinski definition) is 3. The first-order chi connectivity index (χ1) is 10.1. The van der Waals surface area contributed by atoms with Gasteiger partial charge in [0.2, 0.25) is 5.91 Å². The van der Waals surface area contributed by atoms with Crippen molar-refractivity contribution in [3.63, 3.8) is 0 Å². The van der Waals surface area contributed by atoms with Gasteiger partial charge in [-0.3, -0.25) is 4.79 Å². The van der Waals surface area contributed by atoms with Crippen molar-refractivity contribution >= 4 is 29.3 Å². The Labute approximate surface area is 126 Å². The van der Waals surface area contributed by atoms with Crippen LogP contribution in [0, 0.1) is 0 Å². The summed E-state index contributed by atoms with van der Waals surface area (Å²) in [6.45, 7) is 0. The third-order valence-corrected chi connectivity index (χ3v) is 3.68. The summed E-state index contributed by atoms with van der Waals surface area (Å²) < 4.78 is 0. The quantitative estimate of drug-likeness (QED) is 0.806. The van der Waals surface area contributed by atoms with Gasteiger partial charge in [0.05, 0.1) is 0 Å². The highest BCUT2D eigenvalue weighted by Crippen LogP contribution is 2.10. The number of carboxylic acids is 1. The van der Waals surface area contributed by atoms with Crippen LogP contribution < -0.4 is 5.32 Å². The van der Waals surface area contributed by atoms with E-state index in [1.807, 2.05) is 47.8 Å². The SMILES string of the molecule is O=C(/C=C/c1cccs1)N[C@H](Cc1ccccc1)C(=O)O. The number of thiophene rings is 1.